The number of aryl methyl sites for hydroxylation is 3. The molecule has 0 atom stereocenters. The van der Waals surface area contributed by atoms with Gasteiger partial charge in [-0.15, -0.1) is 0 Å². The van der Waals surface area contributed by atoms with Crippen LogP contribution in [0, 0.1) is 13.8 Å². The van der Waals surface area contributed by atoms with E-state index in [2.05, 4.69) is 60.3 Å². The SMILES string of the molecule is Cc1cccc(C)c1-c1ccccc1-c1ncnn1C. The molecule has 0 unspecified atom stereocenters. The lowest BCUT2D eigenvalue weighted by Crippen LogP contribution is -1.97. The average Bonchev–Trinajstić information content (AvgIpc) is 2.85. The normalized spacial score (nSPS) is 10.8. The predicted octanol–water partition coefficient (Wildman–Crippen LogP) is 3.77. The first-order valence-corrected chi connectivity index (χ1v) is 6.68. The van der Waals surface area contributed by atoms with Crippen molar-refractivity contribution >= 4 is 0 Å². The van der Waals surface area contributed by atoms with Gasteiger partial charge in [0.05, 0.1) is 0 Å². The molecule has 20 heavy (non-hydrogen) atoms. The van der Waals surface area contributed by atoms with E-state index in [1.54, 1.807) is 6.33 Å². The summed E-state index contributed by atoms with van der Waals surface area (Å²) in [4.78, 5) is 4.38. The molecule has 0 amide bonds. The van der Waals surface area contributed by atoms with Crippen LogP contribution in [0.5, 0.6) is 0 Å². The first-order chi connectivity index (χ1) is 9.68. The van der Waals surface area contributed by atoms with Crippen LogP contribution in [-0.2, 0) is 7.05 Å². The maximum atomic E-state index is 4.38. The quantitative estimate of drug-likeness (QED) is 0.704. The molecule has 0 radical (unpaired) electrons. The number of hydrogen-bond donors (Lipinski definition) is 0. The molecule has 0 saturated heterocycles. The highest BCUT2D eigenvalue weighted by molar-refractivity contribution is 5.83. The van der Waals surface area contributed by atoms with Crippen LogP contribution in [0.4, 0.5) is 0 Å². The second-order valence-electron chi connectivity index (χ2n) is 5.02. The zero-order valence-electron chi connectivity index (χ0n) is 12.0. The zero-order chi connectivity index (χ0) is 14.1. The summed E-state index contributed by atoms with van der Waals surface area (Å²) in [6, 6.07) is 14.8. The molecule has 0 saturated carbocycles. The van der Waals surface area contributed by atoms with E-state index < -0.39 is 0 Å². The second-order valence-corrected chi connectivity index (χ2v) is 5.02. The molecule has 1 heterocycles. The van der Waals surface area contributed by atoms with E-state index in [4.69, 9.17) is 0 Å². The van der Waals surface area contributed by atoms with Gasteiger partial charge in [-0.1, -0.05) is 42.5 Å². The maximum Gasteiger partial charge on any atom is 0.158 e. The van der Waals surface area contributed by atoms with Gasteiger partial charge in [-0.3, -0.25) is 0 Å². The van der Waals surface area contributed by atoms with Crippen LogP contribution < -0.4 is 0 Å². The summed E-state index contributed by atoms with van der Waals surface area (Å²) < 4.78 is 1.81. The highest BCUT2D eigenvalue weighted by atomic mass is 15.3. The van der Waals surface area contributed by atoms with Crippen molar-refractivity contribution in [1.82, 2.24) is 14.8 Å². The molecule has 0 N–H and O–H groups in total. The summed E-state index contributed by atoms with van der Waals surface area (Å²) in [6.45, 7) is 4.30. The van der Waals surface area contributed by atoms with Gasteiger partial charge in [0.2, 0.25) is 0 Å². The topological polar surface area (TPSA) is 30.7 Å². The van der Waals surface area contributed by atoms with Gasteiger partial charge in [0.25, 0.3) is 0 Å². The summed E-state index contributed by atoms with van der Waals surface area (Å²) in [7, 11) is 1.92. The number of aromatic nitrogens is 3. The molecule has 0 aliphatic rings. The molecule has 2 aromatic carbocycles. The molecular formula is C17H17N3. The summed E-state index contributed by atoms with van der Waals surface area (Å²) in [6.07, 6.45) is 1.59. The van der Waals surface area contributed by atoms with Crippen molar-refractivity contribution in [2.75, 3.05) is 0 Å². The Balaban J connectivity index is 2.29. The van der Waals surface area contributed by atoms with Gasteiger partial charge < -0.3 is 0 Å². The van der Waals surface area contributed by atoms with Crippen molar-refractivity contribution in [3.63, 3.8) is 0 Å². The fraction of sp³-hybridized carbons (Fsp3) is 0.176. The van der Waals surface area contributed by atoms with Crippen LogP contribution in [0.1, 0.15) is 11.1 Å². The molecule has 3 rings (SSSR count). The van der Waals surface area contributed by atoms with Crippen molar-refractivity contribution in [2.45, 2.75) is 13.8 Å². The summed E-state index contributed by atoms with van der Waals surface area (Å²) in [5.74, 6) is 0.892. The molecule has 3 aromatic rings. The van der Waals surface area contributed by atoms with Crippen molar-refractivity contribution in [1.29, 1.82) is 0 Å². The Bertz CT molecular complexity index is 736. The van der Waals surface area contributed by atoms with Gasteiger partial charge in [0.15, 0.2) is 5.82 Å². The van der Waals surface area contributed by atoms with Crippen LogP contribution >= 0.6 is 0 Å². The Labute approximate surface area is 118 Å². The highest BCUT2D eigenvalue weighted by Gasteiger charge is 2.14. The molecular weight excluding hydrogens is 246 g/mol. The van der Waals surface area contributed by atoms with Gasteiger partial charge in [-0.05, 0) is 36.1 Å². The molecule has 0 aliphatic heterocycles. The predicted molar refractivity (Wildman–Crippen MR) is 81.3 cm³/mol. The first kappa shape index (κ1) is 12.6. The van der Waals surface area contributed by atoms with Gasteiger partial charge in [0.1, 0.15) is 6.33 Å². The molecule has 3 heteroatoms. The van der Waals surface area contributed by atoms with Crippen LogP contribution in [0.15, 0.2) is 48.8 Å². The van der Waals surface area contributed by atoms with Crippen LogP contribution in [0.3, 0.4) is 0 Å². The number of hydrogen-bond acceptors (Lipinski definition) is 2. The monoisotopic (exact) mass is 263 g/mol. The van der Waals surface area contributed by atoms with E-state index in [0.717, 1.165) is 11.4 Å². The molecule has 3 nitrogen and oxygen atoms in total. The minimum atomic E-state index is 0.892. The molecule has 0 aliphatic carbocycles. The smallest absolute Gasteiger partial charge is 0.158 e. The van der Waals surface area contributed by atoms with Crippen molar-refractivity contribution in [2.24, 2.45) is 7.05 Å². The maximum absolute atomic E-state index is 4.38. The third-order valence-electron chi connectivity index (χ3n) is 3.63. The summed E-state index contributed by atoms with van der Waals surface area (Å²) >= 11 is 0. The molecule has 0 spiro atoms. The van der Waals surface area contributed by atoms with E-state index in [1.807, 2.05) is 17.8 Å². The van der Waals surface area contributed by atoms with E-state index in [0.29, 0.717) is 0 Å². The lowest BCUT2D eigenvalue weighted by Gasteiger charge is -2.14. The lowest BCUT2D eigenvalue weighted by molar-refractivity contribution is 0.775. The van der Waals surface area contributed by atoms with E-state index >= 15 is 0 Å². The second kappa shape index (κ2) is 4.93. The zero-order valence-corrected chi connectivity index (χ0v) is 12.0. The highest BCUT2D eigenvalue weighted by Crippen LogP contribution is 2.34. The average molecular weight is 263 g/mol. The van der Waals surface area contributed by atoms with Gasteiger partial charge in [0, 0.05) is 12.6 Å². The summed E-state index contributed by atoms with van der Waals surface area (Å²) in [5, 5.41) is 4.18. The van der Waals surface area contributed by atoms with Crippen molar-refractivity contribution < 1.29 is 0 Å². The Morgan fingerprint density at radius 1 is 0.850 bits per heavy atom. The molecule has 1 aromatic heterocycles. The number of nitrogens with zero attached hydrogens (tertiary/aromatic N) is 3. The lowest BCUT2D eigenvalue weighted by atomic mass is 9.92. The minimum absolute atomic E-state index is 0.892. The minimum Gasteiger partial charge on any atom is -0.249 e. The first-order valence-electron chi connectivity index (χ1n) is 6.68. The molecule has 100 valence electrons. The Morgan fingerprint density at radius 2 is 1.50 bits per heavy atom. The Hall–Kier alpha value is -2.42. The third kappa shape index (κ3) is 2.01. The van der Waals surface area contributed by atoms with E-state index in [1.165, 1.54) is 22.3 Å². The fourth-order valence-electron chi connectivity index (χ4n) is 2.68. The Kier molecular flexibility index (Phi) is 3.11. The Morgan fingerprint density at radius 3 is 2.10 bits per heavy atom. The van der Waals surface area contributed by atoms with Crippen LogP contribution in [-0.4, -0.2) is 14.8 Å². The van der Waals surface area contributed by atoms with Crippen LogP contribution in [0.2, 0.25) is 0 Å². The number of rotatable bonds is 2. The number of benzene rings is 2. The third-order valence-corrected chi connectivity index (χ3v) is 3.63. The van der Waals surface area contributed by atoms with E-state index in [-0.39, 0.29) is 0 Å². The molecule has 0 bridgehead atoms. The molecule has 0 fully saturated rings. The fourth-order valence-corrected chi connectivity index (χ4v) is 2.68. The van der Waals surface area contributed by atoms with Crippen LogP contribution in [0.25, 0.3) is 22.5 Å². The standard InChI is InChI=1S/C17H17N3/c1-12-7-6-8-13(2)16(12)14-9-4-5-10-15(14)17-18-11-19-20(17)3/h4-11H,1-3H3. The van der Waals surface area contributed by atoms with Gasteiger partial charge >= 0.3 is 0 Å². The van der Waals surface area contributed by atoms with Gasteiger partial charge in [-0.25, -0.2) is 9.67 Å². The van der Waals surface area contributed by atoms with Gasteiger partial charge in [-0.2, -0.15) is 5.10 Å². The van der Waals surface area contributed by atoms with E-state index in [9.17, 15) is 0 Å². The van der Waals surface area contributed by atoms with Crippen molar-refractivity contribution in [3.05, 3.63) is 59.9 Å². The largest absolute Gasteiger partial charge is 0.249 e. The summed E-state index contributed by atoms with van der Waals surface area (Å²) in [5.41, 5.74) is 6.16. The van der Waals surface area contributed by atoms with Crippen molar-refractivity contribution in [3.8, 4) is 22.5 Å².